The summed E-state index contributed by atoms with van der Waals surface area (Å²) in [4.78, 5) is 0. The van der Waals surface area contributed by atoms with Gasteiger partial charge in [0.2, 0.25) is 0 Å². The summed E-state index contributed by atoms with van der Waals surface area (Å²) in [6.45, 7) is -0.0670. The summed E-state index contributed by atoms with van der Waals surface area (Å²) in [6.07, 6.45) is -1.39. The normalized spacial score (nSPS) is 14.0. The Morgan fingerprint density at radius 1 is 1.10 bits per heavy atom. The number of hydrogen-bond donors (Lipinski definition) is 2. The summed E-state index contributed by atoms with van der Waals surface area (Å²) in [6, 6.07) is 7.12. The van der Waals surface area contributed by atoms with Gasteiger partial charge in [-0.15, -0.1) is 0 Å². The zero-order valence-electron chi connectivity index (χ0n) is 10.9. The van der Waals surface area contributed by atoms with Crippen molar-refractivity contribution in [3.8, 4) is 0 Å². The molecule has 0 saturated carbocycles. The van der Waals surface area contributed by atoms with Crippen LogP contribution in [0.15, 0.2) is 36.4 Å². The number of benzene rings is 2. The van der Waals surface area contributed by atoms with Crippen molar-refractivity contribution >= 4 is 11.6 Å². The number of hydrogen-bond acceptors (Lipinski definition) is 2. The van der Waals surface area contributed by atoms with E-state index in [1.165, 1.54) is 24.3 Å². The minimum Gasteiger partial charge on any atom is -0.388 e. The number of aliphatic hydroxyl groups is 1. The summed E-state index contributed by atoms with van der Waals surface area (Å²) in [5, 5.41) is 10.4. The largest absolute Gasteiger partial charge is 0.388 e. The van der Waals surface area contributed by atoms with Crippen LogP contribution in [0.4, 0.5) is 13.2 Å². The topological polar surface area (TPSA) is 46.2 Å². The molecule has 0 saturated heterocycles. The standard InChI is InChI=1S/C15H13ClF3NO/c16-12-6-8(17)4-5-9(12)11(7-20)15(21)10-2-1-3-13(18)14(10)19/h1-6,11,15,21H,7,20H2. The van der Waals surface area contributed by atoms with E-state index in [0.717, 1.165) is 12.1 Å². The van der Waals surface area contributed by atoms with Crippen molar-refractivity contribution in [2.75, 3.05) is 6.54 Å². The molecule has 112 valence electrons. The van der Waals surface area contributed by atoms with Crippen LogP contribution < -0.4 is 5.73 Å². The maximum atomic E-state index is 13.8. The Hall–Kier alpha value is -1.56. The maximum Gasteiger partial charge on any atom is 0.164 e. The van der Waals surface area contributed by atoms with Gasteiger partial charge in [-0.05, 0) is 23.8 Å². The Bertz CT molecular complexity index is 651. The molecular formula is C15H13ClF3NO. The lowest BCUT2D eigenvalue weighted by molar-refractivity contribution is 0.142. The molecule has 6 heteroatoms. The molecule has 2 aromatic rings. The monoisotopic (exact) mass is 315 g/mol. The molecule has 2 aromatic carbocycles. The van der Waals surface area contributed by atoms with Crippen LogP contribution in [0.5, 0.6) is 0 Å². The van der Waals surface area contributed by atoms with Crippen LogP contribution in [0.1, 0.15) is 23.1 Å². The highest BCUT2D eigenvalue weighted by molar-refractivity contribution is 6.31. The lowest BCUT2D eigenvalue weighted by atomic mass is 9.89. The predicted molar refractivity (Wildman–Crippen MR) is 74.5 cm³/mol. The first-order valence-electron chi connectivity index (χ1n) is 6.22. The highest BCUT2D eigenvalue weighted by Gasteiger charge is 2.27. The van der Waals surface area contributed by atoms with E-state index in [9.17, 15) is 18.3 Å². The van der Waals surface area contributed by atoms with Gasteiger partial charge in [0.05, 0.1) is 6.10 Å². The summed E-state index contributed by atoms with van der Waals surface area (Å²) in [7, 11) is 0. The van der Waals surface area contributed by atoms with E-state index >= 15 is 0 Å². The lowest BCUT2D eigenvalue weighted by Crippen LogP contribution is -2.21. The van der Waals surface area contributed by atoms with Crippen molar-refractivity contribution in [1.29, 1.82) is 0 Å². The quantitative estimate of drug-likeness (QED) is 0.906. The molecule has 2 unspecified atom stereocenters. The molecule has 2 nitrogen and oxygen atoms in total. The minimum atomic E-state index is -1.39. The van der Waals surface area contributed by atoms with Gasteiger partial charge in [-0.2, -0.15) is 0 Å². The zero-order chi connectivity index (χ0) is 15.6. The SMILES string of the molecule is NCC(c1ccc(F)cc1Cl)C(O)c1cccc(F)c1F. The van der Waals surface area contributed by atoms with E-state index in [1.54, 1.807) is 0 Å². The molecule has 0 heterocycles. The van der Waals surface area contributed by atoms with Crippen LogP contribution in [-0.2, 0) is 0 Å². The fourth-order valence-corrected chi connectivity index (χ4v) is 2.50. The Morgan fingerprint density at radius 2 is 1.81 bits per heavy atom. The molecule has 0 aliphatic heterocycles. The number of rotatable bonds is 4. The van der Waals surface area contributed by atoms with Gasteiger partial charge in [-0.3, -0.25) is 0 Å². The Morgan fingerprint density at radius 3 is 2.43 bits per heavy atom. The molecule has 0 aliphatic carbocycles. The highest BCUT2D eigenvalue weighted by Crippen LogP contribution is 2.35. The number of nitrogens with two attached hydrogens (primary N) is 1. The number of aliphatic hydroxyl groups excluding tert-OH is 1. The van der Waals surface area contributed by atoms with Crippen molar-refractivity contribution in [2.45, 2.75) is 12.0 Å². The van der Waals surface area contributed by atoms with E-state index in [4.69, 9.17) is 17.3 Å². The second-order valence-electron chi connectivity index (χ2n) is 4.60. The smallest absolute Gasteiger partial charge is 0.164 e. The van der Waals surface area contributed by atoms with Crippen LogP contribution in [0, 0.1) is 17.5 Å². The summed E-state index contributed by atoms with van der Waals surface area (Å²) >= 11 is 5.93. The van der Waals surface area contributed by atoms with Gasteiger partial charge in [0, 0.05) is 23.0 Å². The molecule has 0 amide bonds. The lowest BCUT2D eigenvalue weighted by Gasteiger charge is -2.23. The van der Waals surface area contributed by atoms with Gasteiger partial charge in [0.1, 0.15) is 5.82 Å². The molecule has 0 fully saturated rings. The first-order chi connectivity index (χ1) is 9.95. The van der Waals surface area contributed by atoms with Crippen LogP contribution in [-0.4, -0.2) is 11.7 Å². The van der Waals surface area contributed by atoms with Crippen LogP contribution in [0.3, 0.4) is 0 Å². The van der Waals surface area contributed by atoms with E-state index in [2.05, 4.69) is 0 Å². The maximum absolute atomic E-state index is 13.8. The third kappa shape index (κ3) is 3.20. The number of halogens is 4. The third-order valence-corrected chi connectivity index (χ3v) is 3.62. The van der Waals surface area contributed by atoms with E-state index in [1.807, 2.05) is 0 Å². The summed E-state index contributed by atoms with van der Waals surface area (Å²) in [5.41, 5.74) is 5.76. The fourth-order valence-electron chi connectivity index (χ4n) is 2.19. The minimum absolute atomic E-state index is 0.0670. The van der Waals surface area contributed by atoms with Gasteiger partial charge in [-0.1, -0.05) is 29.8 Å². The van der Waals surface area contributed by atoms with Gasteiger partial charge in [0.25, 0.3) is 0 Å². The van der Waals surface area contributed by atoms with Crippen molar-refractivity contribution in [3.63, 3.8) is 0 Å². The Kier molecular flexibility index (Phi) is 4.88. The molecule has 0 spiro atoms. The van der Waals surface area contributed by atoms with E-state index in [-0.39, 0.29) is 17.1 Å². The molecular weight excluding hydrogens is 303 g/mol. The van der Waals surface area contributed by atoms with Crippen molar-refractivity contribution in [3.05, 3.63) is 70.0 Å². The van der Waals surface area contributed by atoms with Gasteiger partial charge in [0.15, 0.2) is 11.6 Å². The molecule has 2 rings (SSSR count). The van der Waals surface area contributed by atoms with Gasteiger partial charge >= 0.3 is 0 Å². The molecule has 0 aromatic heterocycles. The average Bonchev–Trinajstić information content (AvgIpc) is 2.44. The Labute approximate surface area is 125 Å². The Balaban J connectivity index is 2.43. The molecule has 0 bridgehead atoms. The molecule has 0 radical (unpaired) electrons. The summed E-state index contributed by atoms with van der Waals surface area (Å²) in [5.74, 6) is -3.52. The van der Waals surface area contributed by atoms with Gasteiger partial charge in [-0.25, -0.2) is 13.2 Å². The van der Waals surface area contributed by atoms with Gasteiger partial charge < -0.3 is 10.8 Å². The van der Waals surface area contributed by atoms with Crippen LogP contribution in [0.25, 0.3) is 0 Å². The fraction of sp³-hybridized carbons (Fsp3) is 0.200. The average molecular weight is 316 g/mol. The zero-order valence-corrected chi connectivity index (χ0v) is 11.6. The molecule has 21 heavy (non-hydrogen) atoms. The van der Waals surface area contributed by atoms with Crippen molar-refractivity contribution in [2.24, 2.45) is 5.73 Å². The van der Waals surface area contributed by atoms with Crippen molar-refractivity contribution in [1.82, 2.24) is 0 Å². The van der Waals surface area contributed by atoms with Crippen LogP contribution >= 0.6 is 11.6 Å². The second kappa shape index (κ2) is 6.47. The second-order valence-corrected chi connectivity index (χ2v) is 5.00. The highest BCUT2D eigenvalue weighted by atomic mass is 35.5. The molecule has 3 N–H and O–H groups in total. The van der Waals surface area contributed by atoms with Crippen LogP contribution in [0.2, 0.25) is 5.02 Å². The first-order valence-corrected chi connectivity index (χ1v) is 6.60. The molecule has 0 aliphatic rings. The van der Waals surface area contributed by atoms with E-state index < -0.39 is 29.5 Å². The molecule has 2 atom stereocenters. The summed E-state index contributed by atoms with van der Waals surface area (Å²) < 4.78 is 40.1. The third-order valence-electron chi connectivity index (χ3n) is 3.30. The first kappa shape index (κ1) is 15.8. The predicted octanol–water partition coefficient (Wildman–Crippen LogP) is 3.53. The van der Waals surface area contributed by atoms with Crippen molar-refractivity contribution < 1.29 is 18.3 Å². The van der Waals surface area contributed by atoms with E-state index in [0.29, 0.717) is 5.56 Å².